The molecule has 0 amide bonds. The molecule has 0 aromatic heterocycles. The van der Waals surface area contributed by atoms with Crippen LogP contribution in [-0.4, -0.2) is 18.5 Å². The molecule has 59 valence electrons. The van der Waals surface area contributed by atoms with Crippen LogP contribution in [0.1, 0.15) is 0 Å². The van der Waals surface area contributed by atoms with Crippen molar-refractivity contribution in [3.05, 3.63) is 0 Å². The van der Waals surface area contributed by atoms with Crippen molar-refractivity contribution in [2.75, 3.05) is 0 Å². The van der Waals surface area contributed by atoms with Crippen LogP contribution in [0.4, 0.5) is 13.2 Å². The van der Waals surface area contributed by atoms with Gasteiger partial charge in [0.05, 0.1) is 0 Å². The molecule has 9 heteroatoms. The molecular weight excluding hydrogens is 250 g/mol. The zero-order valence-electron chi connectivity index (χ0n) is 4.39. The van der Waals surface area contributed by atoms with Crippen LogP contribution in [0.15, 0.2) is 0 Å². The van der Waals surface area contributed by atoms with Crippen molar-refractivity contribution in [1.82, 2.24) is 0 Å². The molecule has 0 radical (unpaired) electrons. The van der Waals surface area contributed by atoms with Crippen molar-refractivity contribution < 1.29 is 43.5 Å². The first-order valence-corrected chi connectivity index (χ1v) is 6.89. The fraction of sp³-hybridized carbons (Fsp3) is 1.00. The van der Waals surface area contributed by atoms with E-state index in [0.717, 1.165) is 17.3 Å². The van der Waals surface area contributed by atoms with E-state index in [1.165, 1.54) is 0 Å². The van der Waals surface area contributed by atoms with Crippen LogP contribution in [0.5, 0.6) is 0 Å². The van der Waals surface area contributed by atoms with E-state index in [1.807, 2.05) is 0 Å². The third kappa shape index (κ3) is 5.40. The molecule has 0 spiro atoms. The molecule has 10 heavy (non-hydrogen) atoms. The van der Waals surface area contributed by atoms with Crippen LogP contribution >= 0.6 is 9.69 Å². The van der Waals surface area contributed by atoms with Crippen molar-refractivity contribution in [3.8, 4) is 0 Å². The van der Waals surface area contributed by atoms with E-state index in [-0.39, 0.29) is 0 Å². The molecule has 0 aliphatic carbocycles. The molecule has 0 rings (SSSR count). The Labute approximate surface area is 69.0 Å². The molecule has 0 atom stereocenters. The summed E-state index contributed by atoms with van der Waals surface area (Å²) in [7, 11) is -1.08. The summed E-state index contributed by atoms with van der Waals surface area (Å²) in [6.07, 6.45) is 0. The Bertz CT molecular complexity index is 173. The SMILES string of the molecule is O=S(=O)(O)C(F)(F)F.[Cl][Zn]. The van der Waals surface area contributed by atoms with Crippen molar-refractivity contribution in [2.45, 2.75) is 5.51 Å². The normalized spacial score (nSPS) is 11.9. The number of alkyl halides is 3. The van der Waals surface area contributed by atoms with Crippen molar-refractivity contribution >= 4 is 19.8 Å². The van der Waals surface area contributed by atoms with Gasteiger partial charge in [0.15, 0.2) is 0 Å². The van der Waals surface area contributed by atoms with Crippen LogP contribution in [0.25, 0.3) is 0 Å². The van der Waals surface area contributed by atoms with Crippen LogP contribution in [0.3, 0.4) is 0 Å². The van der Waals surface area contributed by atoms with Crippen LogP contribution in [-0.2, 0) is 27.4 Å². The first-order valence-electron chi connectivity index (χ1n) is 1.55. The van der Waals surface area contributed by atoms with Crippen molar-refractivity contribution in [3.63, 3.8) is 0 Å². The molecule has 0 heterocycles. The number of hydrogen-bond donors (Lipinski definition) is 1. The van der Waals surface area contributed by atoms with Crippen molar-refractivity contribution in [2.24, 2.45) is 0 Å². The van der Waals surface area contributed by atoms with E-state index in [4.69, 9.17) is 22.7 Å². The topological polar surface area (TPSA) is 54.4 Å². The number of halogens is 4. The molecule has 0 aliphatic rings. The number of rotatable bonds is 0. The van der Waals surface area contributed by atoms with Gasteiger partial charge < -0.3 is 0 Å². The molecule has 1 N–H and O–H groups in total. The Morgan fingerprint density at radius 1 is 1.30 bits per heavy atom. The predicted molar refractivity (Wildman–Crippen MR) is 23.5 cm³/mol. The average molecular weight is 251 g/mol. The molecule has 3 nitrogen and oxygen atoms in total. The summed E-state index contributed by atoms with van der Waals surface area (Å²) in [4.78, 5) is 0. The van der Waals surface area contributed by atoms with E-state index < -0.39 is 15.6 Å². The first-order chi connectivity index (χ1) is 4.25. The van der Waals surface area contributed by atoms with Gasteiger partial charge in [-0.25, -0.2) is 0 Å². The van der Waals surface area contributed by atoms with Crippen LogP contribution in [0.2, 0.25) is 0 Å². The third-order valence-corrected chi connectivity index (χ3v) is 0.877. The minimum absolute atomic E-state index is 0.847. The van der Waals surface area contributed by atoms with Gasteiger partial charge in [-0.3, -0.25) is 4.55 Å². The summed E-state index contributed by atoms with van der Waals surface area (Å²) in [5.41, 5.74) is -5.53. The second kappa shape index (κ2) is 4.48. The van der Waals surface area contributed by atoms with Gasteiger partial charge in [-0.05, 0) is 0 Å². The van der Waals surface area contributed by atoms with E-state index in [1.54, 1.807) is 0 Å². The fourth-order valence-electron chi connectivity index (χ4n) is 0. The standard InChI is InChI=1S/CHF3O3S.ClH.Zn/c2-1(3,4)8(5,6)7;;/h(H,5,6,7);1H;/q;;+1/p-1. The molecule has 0 aromatic carbocycles. The minimum atomic E-state index is -5.84. The quantitative estimate of drug-likeness (QED) is 0.398. The summed E-state index contributed by atoms with van der Waals surface area (Å²) in [6, 6.07) is 0. The van der Waals surface area contributed by atoms with Gasteiger partial charge in [-0.2, -0.15) is 21.6 Å². The van der Waals surface area contributed by atoms with Gasteiger partial charge in [0, 0.05) is 0 Å². The van der Waals surface area contributed by atoms with E-state index >= 15 is 0 Å². The third-order valence-electron chi connectivity index (χ3n) is 0.292. The zero-order valence-corrected chi connectivity index (χ0v) is 8.93. The maximum atomic E-state index is 10.7. The van der Waals surface area contributed by atoms with Gasteiger partial charge in [-0.15, -0.1) is 0 Å². The van der Waals surface area contributed by atoms with Crippen molar-refractivity contribution in [1.29, 1.82) is 0 Å². The van der Waals surface area contributed by atoms with Gasteiger partial charge in [0.2, 0.25) is 0 Å². The summed E-state index contributed by atoms with van der Waals surface area (Å²) in [6.45, 7) is 0. The first kappa shape index (κ1) is 13.2. The van der Waals surface area contributed by atoms with Crippen LogP contribution < -0.4 is 0 Å². The van der Waals surface area contributed by atoms with Crippen LogP contribution in [0, 0.1) is 0 Å². The molecule has 0 bridgehead atoms. The molecule has 0 saturated carbocycles. The molecule has 0 fully saturated rings. The summed E-state index contributed by atoms with van der Waals surface area (Å²) < 4.78 is 57.5. The Morgan fingerprint density at radius 3 is 1.40 bits per heavy atom. The zero-order chi connectivity index (χ0) is 9.00. The average Bonchev–Trinajstić information content (AvgIpc) is 1.66. The maximum absolute atomic E-state index is 10.7. The summed E-state index contributed by atoms with van der Waals surface area (Å²) in [5.74, 6) is 0. The molecule has 0 unspecified atom stereocenters. The molecular formula is CHClF3O3SZn. The molecule has 0 aliphatic heterocycles. The summed E-state index contributed by atoms with van der Waals surface area (Å²) >= 11 is 0.847. The van der Waals surface area contributed by atoms with E-state index in [2.05, 4.69) is 0 Å². The predicted octanol–water partition coefficient (Wildman–Crippen LogP) is 1.08. The Kier molecular flexibility index (Phi) is 5.93. The molecule has 0 aromatic rings. The molecule has 0 saturated heterocycles. The Hall–Kier alpha value is 0.613. The van der Waals surface area contributed by atoms with E-state index in [0.29, 0.717) is 0 Å². The monoisotopic (exact) mass is 249 g/mol. The Morgan fingerprint density at radius 2 is 1.40 bits per heavy atom. The van der Waals surface area contributed by atoms with Gasteiger partial charge >= 0.3 is 42.6 Å². The Balaban J connectivity index is 0. The van der Waals surface area contributed by atoms with Gasteiger partial charge in [0.25, 0.3) is 0 Å². The second-order valence-corrected chi connectivity index (χ2v) is 2.33. The van der Waals surface area contributed by atoms with Gasteiger partial charge in [0.1, 0.15) is 0 Å². The fourth-order valence-corrected chi connectivity index (χ4v) is 0. The summed E-state index contributed by atoms with van der Waals surface area (Å²) in [5, 5.41) is 0. The number of hydrogen-bond acceptors (Lipinski definition) is 2. The van der Waals surface area contributed by atoms with Gasteiger partial charge in [-0.1, -0.05) is 0 Å². The second-order valence-electron chi connectivity index (χ2n) is 0.921. The van der Waals surface area contributed by atoms with E-state index in [9.17, 15) is 13.2 Å².